The van der Waals surface area contributed by atoms with E-state index >= 15 is 0 Å². The van der Waals surface area contributed by atoms with Crippen LogP contribution in [0.5, 0.6) is 0 Å². The van der Waals surface area contributed by atoms with Crippen LogP contribution in [0.15, 0.2) is 48.8 Å². The number of aromatic nitrogens is 2. The lowest BCUT2D eigenvalue weighted by Gasteiger charge is -2.34. The summed E-state index contributed by atoms with van der Waals surface area (Å²) < 4.78 is 5.39. The molecule has 1 aliphatic heterocycles. The van der Waals surface area contributed by atoms with Crippen molar-refractivity contribution in [3.8, 4) is 0 Å². The summed E-state index contributed by atoms with van der Waals surface area (Å²) in [4.78, 5) is 35.8. The summed E-state index contributed by atoms with van der Waals surface area (Å²) in [5.74, 6) is -0.116. The molecule has 8 nitrogen and oxygen atoms in total. The number of ether oxygens (including phenoxy) is 1. The molecule has 170 valence electrons. The normalized spacial score (nSPS) is 14.1. The highest BCUT2D eigenvalue weighted by atomic mass is 35.5. The standard InChI is InChI=1S/C22H24ClN5O3.ClH/c23-18-4-1-16(2-5-18)14-31-22(30)28-11-9-27(10-12-28)8-7-24-21(29)17-3-6-19-20(13-17)26-15-25-19;/h1-6,13,15H,7-12,14H2,(H,24,29)(H,25,26);1H. The zero-order valence-electron chi connectivity index (χ0n) is 17.4. The predicted octanol–water partition coefficient (Wildman–Crippen LogP) is 3.32. The molecule has 3 aromatic rings. The van der Waals surface area contributed by atoms with Gasteiger partial charge in [0, 0.05) is 49.9 Å². The second-order valence-corrected chi connectivity index (χ2v) is 7.84. The Kier molecular flexibility index (Phi) is 8.33. The molecule has 0 aliphatic carbocycles. The topological polar surface area (TPSA) is 90.6 Å². The molecule has 10 heteroatoms. The highest BCUT2D eigenvalue weighted by Gasteiger charge is 2.22. The number of H-pyrrole nitrogens is 1. The average molecular weight is 478 g/mol. The Labute approximate surface area is 197 Å². The van der Waals surface area contributed by atoms with Crippen molar-refractivity contribution >= 4 is 47.0 Å². The zero-order chi connectivity index (χ0) is 21.6. The summed E-state index contributed by atoms with van der Waals surface area (Å²) >= 11 is 5.86. The van der Waals surface area contributed by atoms with Crippen molar-refractivity contribution < 1.29 is 14.3 Å². The number of nitrogens with zero attached hydrogens (tertiary/aromatic N) is 3. The van der Waals surface area contributed by atoms with Gasteiger partial charge in [0.1, 0.15) is 6.61 Å². The third kappa shape index (κ3) is 6.12. The number of carbonyl (C=O) groups is 2. The van der Waals surface area contributed by atoms with Gasteiger partial charge in [-0.1, -0.05) is 23.7 Å². The summed E-state index contributed by atoms with van der Waals surface area (Å²) in [5.41, 5.74) is 3.17. The van der Waals surface area contributed by atoms with E-state index in [0.29, 0.717) is 30.2 Å². The fraction of sp³-hybridized carbons (Fsp3) is 0.318. The van der Waals surface area contributed by atoms with Crippen LogP contribution >= 0.6 is 24.0 Å². The Morgan fingerprint density at radius 3 is 2.59 bits per heavy atom. The van der Waals surface area contributed by atoms with Crippen LogP contribution in [0.1, 0.15) is 15.9 Å². The number of benzene rings is 2. The molecule has 1 aliphatic rings. The molecule has 0 saturated carbocycles. The monoisotopic (exact) mass is 477 g/mol. The molecular formula is C22H25Cl2N5O3. The van der Waals surface area contributed by atoms with E-state index in [1.807, 2.05) is 18.2 Å². The van der Waals surface area contributed by atoms with Crippen molar-refractivity contribution in [3.05, 3.63) is 64.9 Å². The molecule has 2 amide bonds. The lowest BCUT2D eigenvalue weighted by atomic mass is 10.2. The number of carbonyl (C=O) groups excluding carboxylic acids is 2. The number of amides is 2. The van der Waals surface area contributed by atoms with E-state index in [2.05, 4.69) is 20.2 Å². The SMILES string of the molecule is Cl.O=C(NCCN1CCN(C(=O)OCc2ccc(Cl)cc2)CC1)c1ccc2[nH]cnc2c1. The summed E-state index contributed by atoms with van der Waals surface area (Å²) in [6.07, 6.45) is 1.30. The van der Waals surface area contributed by atoms with Crippen LogP contribution in [0.3, 0.4) is 0 Å². The third-order valence-electron chi connectivity index (χ3n) is 5.30. The van der Waals surface area contributed by atoms with Crippen molar-refractivity contribution in [1.82, 2.24) is 25.1 Å². The first-order valence-electron chi connectivity index (χ1n) is 10.2. The fourth-order valence-electron chi connectivity index (χ4n) is 3.47. The van der Waals surface area contributed by atoms with E-state index in [9.17, 15) is 9.59 Å². The predicted molar refractivity (Wildman–Crippen MR) is 125 cm³/mol. The van der Waals surface area contributed by atoms with Gasteiger partial charge >= 0.3 is 6.09 Å². The van der Waals surface area contributed by atoms with Crippen molar-refractivity contribution in [2.24, 2.45) is 0 Å². The van der Waals surface area contributed by atoms with Crippen LogP contribution in [-0.4, -0.2) is 71.0 Å². The van der Waals surface area contributed by atoms with Gasteiger partial charge in [-0.05, 0) is 35.9 Å². The van der Waals surface area contributed by atoms with Gasteiger partial charge < -0.3 is 19.9 Å². The molecule has 0 bridgehead atoms. The van der Waals surface area contributed by atoms with Gasteiger partial charge in [0.05, 0.1) is 17.4 Å². The zero-order valence-corrected chi connectivity index (χ0v) is 19.0. The first kappa shape index (κ1) is 23.8. The van der Waals surface area contributed by atoms with Crippen LogP contribution in [0.4, 0.5) is 4.79 Å². The van der Waals surface area contributed by atoms with Gasteiger partial charge in [0.25, 0.3) is 5.91 Å². The van der Waals surface area contributed by atoms with E-state index in [4.69, 9.17) is 16.3 Å². The van der Waals surface area contributed by atoms with Gasteiger partial charge in [-0.2, -0.15) is 0 Å². The summed E-state index contributed by atoms with van der Waals surface area (Å²) in [7, 11) is 0. The average Bonchev–Trinajstić information content (AvgIpc) is 3.27. The van der Waals surface area contributed by atoms with Crippen molar-refractivity contribution in [2.45, 2.75) is 6.61 Å². The number of imidazole rings is 1. The van der Waals surface area contributed by atoms with Gasteiger partial charge in [-0.15, -0.1) is 12.4 Å². The van der Waals surface area contributed by atoms with Gasteiger partial charge in [0.2, 0.25) is 0 Å². The molecule has 4 rings (SSSR count). The number of hydrogen-bond acceptors (Lipinski definition) is 5. The molecule has 1 aromatic heterocycles. The number of hydrogen-bond donors (Lipinski definition) is 2. The summed E-state index contributed by atoms with van der Waals surface area (Å²) in [5, 5.41) is 3.60. The number of aromatic amines is 1. The first-order valence-corrected chi connectivity index (χ1v) is 10.6. The van der Waals surface area contributed by atoms with E-state index in [1.165, 1.54) is 0 Å². The van der Waals surface area contributed by atoms with Crippen molar-refractivity contribution in [2.75, 3.05) is 39.3 Å². The lowest BCUT2D eigenvalue weighted by Crippen LogP contribution is -2.50. The molecule has 0 unspecified atom stereocenters. The first-order chi connectivity index (χ1) is 15.1. The molecule has 2 N–H and O–H groups in total. The van der Waals surface area contributed by atoms with E-state index < -0.39 is 0 Å². The van der Waals surface area contributed by atoms with Crippen LogP contribution in [-0.2, 0) is 11.3 Å². The maximum Gasteiger partial charge on any atom is 0.410 e. The van der Waals surface area contributed by atoms with E-state index in [1.54, 1.807) is 35.5 Å². The molecule has 0 radical (unpaired) electrons. The Balaban J connectivity index is 0.00000289. The fourth-order valence-corrected chi connectivity index (χ4v) is 3.60. The summed E-state index contributed by atoms with van der Waals surface area (Å²) in [6.45, 7) is 4.18. The Morgan fingerprint density at radius 1 is 1.09 bits per heavy atom. The molecular weight excluding hydrogens is 453 g/mol. The number of rotatable bonds is 6. The summed E-state index contributed by atoms with van der Waals surface area (Å²) in [6, 6.07) is 12.6. The van der Waals surface area contributed by atoms with Gasteiger partial charge in [0.15, 0.2) is 0 Å². The quantitative estimate of drug-likeness (QED) is 0.568. The van der Waals surface area contributed by atoms with Crippen molar-refractivity contribution in [1.29, 1.82) is 0 Å². The second-order valence-electron chi connectivity index (χ2n) is 7.40. The number of halogens is 2. The number of piperazine rings is 1. The van der Waals surface area contributed by atoms with E-state index in [-0.39, 0.29) is 31.0 Å². The van der Waals surface area contributed by atoms with Gasteiger partial charge in [-0.3, -0.25) is 9.69 Å². The maximum atomic E-state index is 12.4. The second kappa shape index (κ2) is 11.2. The molecule has 0 spiro atoms. The van der Waals surface area contributed by atoms with Crippen LogP contribution in [0.25, 0.3) is 11.0 Å². The minimum atomic E-state index is -0.309. The highest BCUT2D eigenvalue weighted by Crippen LogP contribution is 2.12. The Morgan fingerprint density at radius 2 is 1.84 bits per heavy atom. The molecule has 2 heterocycles. The largest absolute Gasteiger partial charge is 0.445 e. The van der Waals surface area contributed by atoms with Crippen LogP contribution in [0, 0.1) is 0 Å². The lowest BCUT2D eigenvalue weighted by molar-refractivity contribution is 0.0716. The molecule has 0 atom stereocenters. The minimum absolute atomic E-state index is 0. The number of nitrogens with one attached hydrogen (secondary N) is 2. The minimum Gasteiger partial charge on any atom is -0.445 e. The molecule has 1 saturated heterocycles. The Hall–Kier alpha value is -2.81. The smallest absolute Gasteiger partial charge is 0.410 e. The highest BCUT2D eigenvalue weighted by molar-refractivity contribution is 6.30. The van der Waals surface area contributed by atoms with Crippen LogP contribution in [0.2, 0.25) is 5.02 Å². The van der Waals surface area contributed by atoms with Gasteiger partial charge in [-0.25, -0.2) is 9.78 Å². The van der Waals surface area contributed by atoms with Crippen LogP contribution < -0.4 is 5.32 Å². The molecule has 2 aromatic carbocycles. The van der Waals surface area contributed by atoms with E-state index in [0.717, 1.165) is 36.2 Å². The molecule has 1 fully saturated rings. The third-order valence-corrected chi connectivity index (χ3v) is 5.56. The molecule has 32 heavy (non-hydrogen) atoms. The van der Waals surface area contributed by atoms with Crippen molar-refractivity contribution in [3.63, 3.8) is 0 Å². The Bertz CT molecular complexity index is 1050. The maximum absolute atomic E-state index is 12.4. The number of fused-ring (bicyclic) bond motifs is 1.